The van der Waals surface area contributed by atoms with Gasteiger partial charge >= 0.3 is 0 Å². The number of hydrogen-bond donors (Lipinski definition) is 1. The first kappa shape index (κ1) is 8.55. The van der Waals surface area contributed by atoms with E-state index in [1.54, 1.807) is 0 Å². The van der Waals surface area contributed by atoms with E-state index in [-0.39, 0.29) is 0 Å². The molecule has 1 saturated heterocycles. The van der Waals surface area contributed by atoms with Gasteiger partial charge in [-0.2, -0.15) is 0 Å². The third-order valence-corrected chi connectivity index (χ3v) is 3.77. The van der Waals surface area contributed by atoms with E-state index in [9.17, 15) is 0 Å². The van der Waals surface area contributed by atoms with Crippen LogP contribution < -0.4 is 4.90 Å². The van der Waals surface area contributed by atoms with Gasteiger partial charge in [-0.05, 0) is 24.7 Å². The molecule has 2 fully saturated rings. The van der Waals surface area contributed by atoms with Crippen LogP contribution in [-0.2, 0) is 0 Å². The fourth-order valence-corrected chi connectivity index (χ4v) is 2.58. The van der Waals surface area contributed by atoms with Crippen molar-refractivity contribution in [2.24, 2.45) is 11.8 Å². The highest BCUT2D eigenvalue weighted by atomic mass is 15.2. The zero-order valence-electron chi connectivity index (χ0n) is 8.47. The molecule has 2 rings (SSSR count). The summed E-state index contributed by atoms with van der Waals surface area (Å²) in [6.07, 6.45) is 6.01. The van der Waals surface area contributed by atoms with E-state index in [0.717, 1.165) is 17.9 Å². The molecule has 1 heteroatoms. The second-order valence-electron chi connectivity index (χ2n) is 5.01. The van der Waals surface area contributed by atoms with Gasteiger partial charge in [0, 0.05) is 12.8 Å². The average molecular weight is 168 g/mol. The van der Waals surface area contributed by atoms with Crippen LogP contribution in [0.1, 0.15) is 39.5 Å². The van der Waals surface area contributed by atoms with Gasteiger partial charge in [-0.25, -0.2) is 0 Å². The Morgan fingerprint density at radius 3 is 2.00 bits per heavy atom. The molecular formula is C11H22N+. The van der Waals surface area contributed by atoms with Gasteiger partial charge < -0.3 is 4.90 Å². The molecule has 0 bridgehead atoms. The van der Waals surface area contributed by atoms with Gasteiger partial charge in [-0.3, -0.25) is 0 Å². The highest BCUT2D eigenvalue weighted by Gasteiger charge is 2.36. The summed E-state index contributed by atoms with van der Waals surface area (Å²) in [4.78, 5) is 1.92. The number of hydrogen-bond acceptors (Lipinski definition) is 0. The van der Waals surface area contributed by atoms with Gasteiger partial charge in [0.25, 0.3) is 0 Å². The standard InChI is InChI=1S/C11H21N/c1-9(2)10-5-7-12(8-6-10)11-3-4-11/h9-11H,3-8H2,1-2H3/p+1. The minimum absolute atomic E-state index is 0.922. The number of likely N-dealkylation sites (tertiary alicyclic amines) is 1. The maximum absolute atomic E-state index is 2.38. The smallest absolute Gasteiger partial charge is 0.0879 e. The topological polar surface area (TPSA) is 4.44 Å². The van der Waals surface area contributed by atoms with Crippen molar-refractivity contribution in [1.82, 2.24) is 0 Å². The summed E-state index contributed by atoms with van der Waals surface area (Å²) in [5, 5.41) is 0. The van der Waals surface area contributed by atoms with E-state index in [0.29, 0.717) is 0 Å². The Hall–Kier alpha value is -0.0400. The van der Waals surface area contributed by atoms with Gasteiger partial charge in [-0.15, -0.1) is 0 Å². The lowest BCUT2D eigenvalue weighted by atomic mass is 9.87. The molecule has 12 heavy (non-hydrogen) atoms. The quantitative estimate of drug-likeness (QED) is 0.630. The monoisotopic (exact) mass is 168 g/mol. The van der Waals surface area contributed by atoms with Crippen LogP contribution in [0.3, 0.4) is 0 Å². The molecule has 0 aromatic heterocycles. The lowest BCUT2D eigenvalue weighted by molar-refractivity contribution is -0.917. The zero-order chi connectivity index (χ0) is 8.55. The van der Waals surface area contributed by atoms with Crippen LogP contribution in [0.25, 0.3) is 0 Å². The predicted molar refractivity (Wildman–Crippen MR) is 51.3 cm³/mol. The maximum Gasteiger partial charge on any atom is 0.0879 e. The molecule has 1 heterocycles. The molecule has 0 spiro atoms. The van der Waals surface area contributed by atoms with Crippen LogP contribution in [-0.4, -0.2) is 19.1 Å². The molecule has 70 valence electrons. The molecule has 0 amide bonds. The number of rotatable bonds is 2. The molecule has 0 unspecified atom stereocenters. The van der Waals surface area contributed by atoms with Crippen molar-refractivity contribution in [2.75, 3.05) is 13.1 Å². The van der Waals surface area contributed by atoms with Crippen LogP contribution in [0.15, 0.2) is 0 Å². The Bertz CT molecular complexity index is 131. The molecule has 0 radical (unpaired) electrons. The highest BCUT2D eigenvalue weighted by molar-refractivity contribution is 4.74. The highest BCUT2D eigenvalue weighted by Crippen LogP contribution is 2.22. The lowest BCUT2D eigenvalue weighted by Gasteiger charge is -2.31. The van der Waals surface area contributed by atoms with E-state index < -0.39 is 0 Å². The van der Waals surface area contributed by atoms with Gasteiger partial charge in [-0.1, -0.05) is 13.8 Å². The minimum atomic E-state index is 0.922. The van der Waals surface area contributed by atoms with Gasteiger partial charge in [0.1, 0.15) is 0 Å². The second-order valence-corrected chi connectivity index (χ2v) is 5.01. The fourth-order valence-electron chi connectivity index (χ4n) is 2.58. The normalized spacial score (nSPS) is 37.2. The Kier molecular flexibility index (Phi) is 2.40. The predicted octanol–water partition coefficient (Wildman–Crippen LogP) is 1.10. The summed E-state index contributed by atoms with van der Waals surface area (Å²) >= 11 is 0. The largest absolute Gasteiger partial charge is 0.332 e. The van der Waals surface area contributed by atoms with E-state index >= 15 is 0 Å². The van der Waals surface area contributed by atoms with Crippen molar-refractivity contribution in [3.63, 3.8) is 0 Å². The summed E-state index contributed by atoms with van der Waals surface area (Å²) in [5.41, 5.74) is 0. The molecule has 1 N–H and O–H groups in total. The van der Waals surface area contributed by atoms with E-state index in [1.165, 1.54) is 38.8 Å². The van der Waals surface area contributed by atoms with Gasteiger partial charge in [0.2, 0.25) is 0 Å². The summed E-state index contributed by atoms with van der Waals surface area (Å²) in [6, 6.07) is 1.08. The first-order valence-corrected chi connectivity index (χ1v) is 5.62. The SMILES string of the molecule is CC(C)C1CC[NH+](C2CC2)CC1. The summed E-state index contributed by atoms with van der Waals surface area (Å²) < 4.78 is 0. The van der Waals surface area contributed by atoms with E-state index in [1.807, 2.05) is 4.90 Å². The molecule has 1 nitrogen and oxygen atoms in total. The molecular weight excluding hydrogens is 146 g/mol. The first-order valence-electron chi connectivity index (χ1n) is 5.62. The fraction of sp³-hybridized carbons (Fsp3) is 1.00. The molecule has 0 aromatic carbocycles. The van der Waals surface area contributed by atoms with Crippen LogP contribution in [0, 0.1) is 11.8 Å². The Morgan fingerprint density at radius 1 is 1.00 bits per heavy atom. The van der Waals surface area contributed by atoms with Crippen LogP contribution >= 0.6 is 0 Å². The maximum atomic E-state index is 2.38. The Labute approximate surface area is 76.1 Å². The zero-order valence-corrected chi connectivity index (χ0v) is 8.47. The Balaban J connectivity index is 1.76. The van der Waals surface area contributed by atoms with Crippen LogP contribution in [0.2, 0.25) is 0 Å². The van der Waals surface area contributed by atoms with Crippen LogP contribution in [0.4, 0.5) is 0 Å². The molecule has 1 aliphatic heterocycles. The number of nitrogens with one attached hydrogen (secondary N) is 1. The average Bonchev–Trinajstić information content (AvgIpc) is 2.87. The van der Waals surface area contributed by atoms with Crippen molar-refractivity contribution in [3.8, 4) is 0 Å². The third-order valence-electron chi connectivity index (χ3n) is 3.77. The summed E-state index contributed by atoms with van der Waals surface area (Å²) in [5.74, 6) is 1.96. The number of piperidine rings is 1. The molecule has 0 aromatic rings. The van der Waals surface area contributed by atoms with Crippen LogP contribution in [0.5, 0.6) is 0 Å². The minimum Gasteiger partial charge on any atom is -0.332 e. The molecule has 1 saturated carbocycles. The van der Waals surface area contributed by atoms with Crippen molar-refractivity contribution in [3.05, 3.63) is 0 Å². The molecule has 1 aliphatic carbocycles. The second kappa shape index (κ2) is 3.37. The van der Waals surface area contributed by atoms with Crippen molar-refractivity contribution in [2.45, 2.75) is 45.6 Å². The summed E-state index contributed by atoms with van der Waals surface area (Å²) in [6.45, 7) is 7.70. The third kappa shape index (κ3) is 1.82. The van der Waals surface area contributed by atoms with E-state index in [4.69, 9.17) is 0 Å². The Morgan fingerprint density at radius 2 is 1.58 bits per heavy atom. The first-order chi connectivity index (χ1) is 5.77. The molecule has 2 aliphatic rings. The van der Waals surface area contributed by atoms with Crippen molar-refractivity contribution >= 4 is 0 Å². The van der Waals surface area contributed by atoms with E-state index in [2.05, 4.69) is 13.8 Å². The van der Waals surface area contributed by atoms with Gasteiger partial charge in [0.15, 0.2) is 0 Å². The van der Waals surface area contributed by atoms with Crippen molar-refractivity contribution < 1.29 is 4.90 Å². The lowest BCUT2D eigenvalue weighted by Crippen LogP contribution is -3.14. The molecule has 0 atom stereocenters. The summed E-state index contributed by atoms with van der Waals surface area (Å²) in [7, 11) is 0. The van der Waals surface area contributed by atoms with Crippen molar-refractivity contribution in [1.29, 1.82) is 0 Å². The van der Waals surface area contributed by atoms with Gasteiger partial charge in [0.05, 0.1) is 19.1 Å². The number of quaternary nitrogens is 1.